The standard InChI is InChI=1S/C45H53IN11O6P/c1-27(64)40-35(48-43(59)34-22-47-54-19-16-38(49-42(34)54)53-24-33-21-31(53)26-63-33)25-55(50-40)30-10-8-28(9-11-30)23-52-17-14-32(15-18-52)62-20-4-6-29-5-3-7-36-41(29)51(2)45(61)56(36)37-12-13-39(58)57(46)44(37)60/h3,5,7,16,19,22,25,27-28,30-33,37H,8-15,17-18,20-21,23-24,26,64H2,1-2H3,(H,48,59)/t27?,28-,30-,31-,33-,37?/m1/s1. The van der Waals surface area contributed by atoms with Crippen molar-refractivity contribution in [3.63, 3.8) is 0 Å². The highest BCUT2D eigenvalue weighted by atomic mass is 127. The van der Waals surface area contributed by atoms with Crippen LogP contribution in [0.3, 0.4) is 0 Å². The molecule has 0 spiro atoms. The van der Waals surface area contributed by atoms with Crippen LogP contribution >= 0.6 is 32.1 Å². The lowest BCUT2D eigenvalue weighted by Gasteiger charge is -2.36. The number of imidazole rings is 1. The van der Waals surface area contributed by atoms with Gasteiger partial charge in [-0.25, -0.2) is 17.4 Å². The van der Waals surface area contributed by atoms with Crippen LogP contribution in [0.4, 0.5) is 11.5 Å². The van der Waals surface area contributed by atoms with Crippen molar-refractivity contribution in [1.29, 1.82) is 0 Å². The van der Waals surface area contributed by atoms with E-state index >= 15 is 0 Å². The molecule has 8 heterocycles. The van der Waals surface area contributed by atoms with Crippen LogP contribution in [-0.2, 0) is 26.1 Å². The van der Waals surface area contributed by atoms with E-state index in [1.165, 1.54) is 9.13 Å². The minimum atomic E-state index is -0.732. The number of piperidine rings is 2. The van der Waals surface area contributed by atoms with Crippen LogP contribution in [0.25, 0.3) is 16.7 Å². The van der Waals surface area contributed by atoms with Crippen LogP contribution in [-0.4, -0.2) is 117 Å². The maximum atomic E-state index is 13.8. The van der Waals surface area contributed by atoms with Crippen molar-refractivity contribution in [3.05, 3.63) is 70.2 Å². The van der Waals surface area contributed by atoms with E-state index in [0.717, 1.165) is 91.4 Å². The lowest BCUT2D eigenvalue weighted by Crippen LogP contribution is -2.42. The number of carbonyl (C=O) groups is 3. The van der Waals surface area contributed by atoms with Gasteiger partial charge in [0, 0.05) is 57.7 Å². The molecule has 3 amide bonds. The Morgan fingerprint density at radius 2 is 1.89 bits per heavy atom. The summed E-state index contributed by atoms with van der Waals surface area (Å²) in [7, 11) is 4.51. The number of anilines is 2. The van der Waals surface area contributed by atoms with Gasteiger partial charge in [-0.05, 0) is 75.5 Å². The van der Waals surface area contributed by atoms with Crippen molar-refractivity contribution in [2.45, 2.75) is 101 Å². The maximum absolute atomic E-state index is 13.8. The smallest absolute Gasteiger partial charge is 0.329 e. The number of hydrogen-bond donors (Lipinski definition) is 1. The normalized spacial score (nSPS) is 24.8. The predicted molar refractivity (Wildman–Crippen MR) is 251 cm³/mol. The number of fused-ring (bicyclic) bond motifs is 4. The Balaban J connectivity index is 0.700. The zero-order chi connectivity index (χ0) is 44.2. The Labute approximate surface area is 386 Å². The zero-order valence-corrected chi connectivity index (χ0v) is 39.4. The van der Waals surface area contributed by atoms with E-state index in [9.17, 15) is 19.2 Å². The lowest BCUT2D eigenvalue weighted by atomic mass is 9.85. The summed E-state index contributed by atoms with van der Waals surface area (Å²) in [5.74, 6) is 6.98. The van der Waals surface area contributed by atoms with Gasteiger partial charge in [-0.2, -0.15) is 10.2 Å². The van der Waals surface area contributed by atoms with Crippen LogP contribution in [0.2, 0.25) is 0 Å². The fourth-order valence-corrected chi connectivity index (χ4v) is 11.2. The van der Waals surface area contributed by atoms with Crippen LogP contribution in [0, 0.1) is 17.8 Å². The number of aryl methyl sites for hydroxylation is 1. The van der Waals surface area contributed by atoms with Gasteiger partial charge in [-0.1, -0.05) is 24.8 Å². The molecule has 10 rings (SSSR count). The van der Waals surface area contributed by atoms with Crippen molar-refractivity contribution < 1.29 is 23.9 Å². The number of hydrogen-bond acceptors (Lipinski definition) is 11. The molecule has 1 aromatic carbocycles. The van der Waals surface area contributed by atoms with E-state index in [0.29, 0.717) is 52.8 Å². The van der Waals surface area contributed by atoms with E-state index < -0.39 is 6.04 Å². The first-order valence-electron chi connectivity index (χ1n) is 22.4. The summed E-state index contributed by atoms with van der Waals surface area (Å²) >= 11 is 1.72. The average Bonchev–Trinajstić information content (AvgIpc) is 4.15. The Bertz CT molecular complexity index is 2740. The number of halogens is 1. The van der Waals surface area contributed by atoms with Crippen molar-refractivity contribution in [1.82, 2.24) is 41.5 Å². The molecule has 19 heteroatoms. The number of nitrogens with zero attached hydrogens (tertiary/aromatic N) is 10. The number of para-hydroxylation sites is 1. The third-order valence-corrected chi connectivity index (χ3v) is 15.2. The van der Waals surface area contributed by atoms with Crippen molar-refractivity contribution in [2.75, 3.05) is 49.6 Å². The molecule has 17 nitrogen and oxygen atoms in total. The Kier molecular flexibility index (Phi) is 12.1. The predicted octanol–water partition coefficient (Wildman–Crippen LogP) is 5.05. The molecular formula is C45H53IN11O6P. The van der Waals surface area contributed by atoms with Gasteiger partial charge in [0.25, 0.3) is 11.8 Å². The van der Waals surface area contributed by atoms with E-state index in [1.54, 1.807) is 40.6 Å². The van der Waals surface area contributed by atoms with Crippen molar-refractivity contribution in [2.24, 2.45) is 13.0 Å². The first kappa shape index (κ1) is 43.2. The number of ether oxygens (including phenoxy) is 2. The molecular weight excluding hydrogens is 948 g/mol. The fourth-order valence-electron chi connectivity index (χ4n) is 10.4. The molecule has 5 fully saturated rings. The maximum Gasteiger partial charge on any atom is 0.329 e. The SMILES string of the molecule is CC(P)c1nn([C@H]2CC[C@H](CN3CCC(OCC#Cc4cccc5c4n(C)c(=O)n5C4CCC(=O)N(I)C4=O)CC3)CC2)cc1NC(=O)c1cnn2ccc(N3C[C@H]4C[C@@H]3CO4)nc12. The lowest BCUT2D eigenvalue weighted by molar-refractivity contribution is -0.142. The fraction of sp³-hybridized carbons (Fsp3) is 0.533. The topological polar surface area (TPSA) is 166 Å². The Morgan fingerprint density at radius 3 is 2.64 bits per heavy atom. The molecule has 0 radical (unpaired) electrons. The van der Waals surface area contributed by atoms with Gasteiger partial charge < -0.3 is 24.6 Å². The van der Waals surface area contributed by atoms with E-state index in [1.807, 2.05) is 36.7 Å². The van der Waals surface area contributed by atoms with Gasteiger partial charge in [-0.15, -0.1) is 9.24 Å². The summed E-state index contributed by atoms with van der Waals surface area (Å²) in [5, 5.41) is 12.6. The third kappa shape index (κ3) is 8.27. The number of carbonyl (C=O) groups excluding carboxylic acids is 3. The number of imide groups is 1. The van der Waals surface area contributed by atoms with E-state index in [2.05, 4.69) is 52.9 Å². The zero-order valence-electron chi connectivity index (χ0n) is 36.1. The van der Waals surface area contributed by atoms with Gasteiger partial charge in [0.05, 0.1) is 87.9 Å². The second-order valence-corrected chi connectivity index (χ2v) is 20.0. The van der Waals surface area contributed by atoms with Crippen LogP contribution in [0.1, 0.15) is 104 Å². The number of likely N-dealkylation sites (tertiary alicyclic amines) is 1. The van der Waals surface area contributed by atoms with E-state index in [4.69, 9.17) is 19.6 Å². The number of morpholine rings is 1. The molecule has 64 heavy (non-hydrogen) atoms. The Hall–Kier alpha value is -4.67. The van der Waals surface area contributed by atoms with Crippen LogP contribution < -0.4 is 15.9 Å². The highest BCUT2D eigenvalue weighted by Gasteiger charge is 2.40. The summed E-state index contributed by atoms with van der Waals surface area (Å²) in [6.45, 7) is 6.94. The second-order valence-electron chi connectivity index (χ2n) is 18.0. The molecule has 336 valence electrons. The Morgan fingerprint density at radius 1 is 1.08 bits per heavy atom. The van der Waals surface area contributed by atoms with Gasteiger partial charge in [0.15, 0.2) is 5.65 Å². The van der Waals surface area contributed by atoms with Gasteiger partial charge in [0.2, 0.25) is 5.91 Å². The first-order chi connectivity index (χ1) is 31.0. The summed E-state index contributed by atoms with van der Waals surface area (Å²) in [4.78, 5) is 61.9. The molecule has 4 saturated heterocycles. The average molecular weight is 1000 g/mol. The highest BCUT2D eigenvalue weighted by molar-refractivity contribution is 14.1. The van der Waals surface area contributed by atoms with E-state index in [-0.39, 0.29) is 60.3 Å². The second kappa shape index (κ2) is 18.0. The molecule has 1 aliphatic carbocycles. The van der Waals surface area contributed by atoms with Crippen LogP contribution in [0.5, 0.6) is 0 Å². The summed E-state index contributed by atoms with van der Waals surface area (Å²) in [5.41, 5.74) is 4.26. The summed E-state index contributed by atoms with van der Waals surface area (Å²) in [6.07, 6.45) is 13.6. The number of benzene rings is 1. The van der Waals surface area contributed by atoms with Gasteiger partial charge >= 0.3 is 5.69 Å². The number of amides is 3. The number of rotatable bonds is 10. The quantitative estimate of drug-likeness (QED) is 0.0655. The molecule has 4 aromatic heterocycles. The largest absolute Gasteiger partial charge is 0.374 e. The monoisotopic (exact) mass is 1000 g/mol. The first-order valence-corrected chi connectivity index (χ1v) is 24.1. The van der Waals surface area contributed by atoms with Crippen LogP contribution in [0.15, 0.2) is 47.7 Å². The molecule has 5 aliphatic rings. The minimum Gasteiger partial charge on any atom is -0.374 e. The molecule has 4 aliphatic heterocycles. The van der Waals surface area contributed by atoms with Crippen molar-refractivity contribution >= 4 is 78.0 Å². The van der Waals surface area contributed by atoms with Gasteiger partial charge in [-0.3, -0.25) is 28.2 Å². The molecule has 1 N–H and O–H groups in total. The third-order valence-electron chi connectivity index (χ3n) is 13.8. The molecule has 5 aromatic rings. The molecule has 1 saturated carbocycles. The minimum absolute atomic E-state index is 0.0521. The number of aromatic nitrogens is 7. The molecule has 3 unspecified atom stereocenters. The van der Waals surface area contributed by atoms with Crippen molar-refractivity contribution in [3.8, 4) is 11.8 Å². The summed E-state index contributed by atoms with van der Waals surface area (Å²) < 4.78 is 19.9. The molecule has 2 bridgehead atoms. The number of nitrogens with one attached hydrogen (secondary N) is 1. The highest BCUT2D eigenvalue weighted by Crippen LogP contribution is 2.37. The van der Waals surface area contributed by atoms with Gasteiger partial charge in [0.1, 0.15) is 24.0 Å². The summed E-state index contributed by atoms with van der Waals surface area (Å²) in [6, 6.07) is 7.37. The molecule has 5 atom stereocenters.